The minimum atomic E-state index is -0.530. The number of piperazine rings is 1. The number of hydrogen-bond donors (Lipinski definition) is 3. The number of carbonyl (C=O) groups excluding carboxylic acids is 2. The zero-order chi connectivity index (χ0) is 31.1. The van der Waals surface area contributed by atoms with Crippen LogP contribution in [0, 0.1) is 0 Å². The number of amides is 2. The van der Waals surface area contributed by atoms with Gasteiger partial charge in [-0.05, 0) is 49.0 Å². The lowest BCUT2D eigenvalue weighted by Crippen LogP contribution is -2.43. The van der Waals surface area contributed by atoms with Gasteiger partial charge in [0.05, 0.1) is 40.6 Å². The Hall–Kier alpha value is -2.48. The number of ether oxygens (including phenoxy) is 2. The van der Waals surface area contributed by atoms with Crippen LogP contribution >= 0.6 is 46.1 Å². The van der Waals surface area contributed by atoms with E-state index in [1.165, 1.54) is 23.6 Å². The predicted octanol–water partition coefficient (Wildman–Crippen LogP) is 5.50. The molecule has 4 heterocycles. The van der Waals surface area contributed by atoms with E-state index >= 15 is 0 Å². The number of nitrogens with zero attached hydrogens (tertiary/aromatic N) is 3. The van der Waals surface area contributed by atoms with Crippen LogP contribution in [0.25, 0.3) is 0 Å². The third-order valence-electron chi connectivity index (χ3n) is 7.45. The predicted molar refractivity (Wildman–Crippen MR) is 176 cm³/mol. The van der Waals surface area contributed by atoms with E-state index in [2.05, 4.69) is 37.8 Å². The van der Waals surface area contributed by atoms with E-state index in [1.807, 2.05) is 5.38 Å². The van der Waals surface area contributed by atoms with E-state index in [9.17, 15) is 9.59 Å². The summed E-state index contributed by atoms with van der Waals surface area (Å²) in [7, 11) is 2.11. The van der Waals surface area contributed by atoms with Crippen LogP contribution in [0.15, 0.2) is 35.8 Å². The Morgan fingerprint density at radius 3 is 2.66 bits per heavy atom. The molecule has 0 saturated carbocycles. The Morgan fingerprint density at radius 1 is 1.11 bits per heavy atom. The first-order valence-corrected chi connectivity index (χ1v) is 16.5. The van der Waals surface area contributed by atoms with Crippen molar-refractivity contribution in [1.82, 2.24) is 20.1 Å². The molecular weight excluding hydrogens is 647 g/mol. The Kier molecular flexibility index (Phi) is 11.7. The van der Waals surface area contributed by atoms with Gasteiger partial charge >= 0.3 is 0 Å². The number of hydrogen-bond acceptors (Lipinski definition) is 9. The molecule has 10 nitrogen and oxygen atoms in total. The van der Waals surface area contributed by atoms with Crippen molar-refractivity contribution in [2.45, 2.75) is 25.5 Å². The number of anilines is 2. The number of morpholine rings is 1. The normalized spacial score (nSPS) is 17.8. The van der Waals surface area contributed by atoms with Gasteiger partial charge in [0.15, 0.2) is 0 Å². The number of rotatable bonds is 11. The molecular formula is C30H35Cl3N6O4S. The van der Waals surface area contributed by atoms with Crippen molar-refractivity contribution in [3.63, 3.8) is 0 Å². The number of thiophene rings is 1. The van der Waals surface area contributed by atoms with Crippen molar-refractivity contribution >= 4 is 69.5 Å². The van der Waals surface area contributed by atoms with Crippen LogP contribution in [0.5, 0.6) is 5.75 Å². The largest absolute Gasteiger partial charge is 0.491 e. The maximum absolute atomic E-state index is 13.7. The Bertz CT molecular complexity index is 1440. The van der Waals surface area contributed by atoms with E-state index < -0.39 is 11.8 Å². The SMILES string of the molecule is CN1CCN(Cc2csc(C(=O)Nc3c(OCCCC4CNCCO4)cc(Cl)cc3C(=O)Nc3ccc(Cl)cn3)c2Cl)CC1. The maximum Gasteiger partial charge on any atom is 0.267 e. The molecule has 5 rings (SSSR count). The van der Waals surface area contributed by atoms with Crippen molar-refractivity contribution in [2.75, 3.05) is 70.2 Å². The molecule has 1 unspecified atom stereocenters. The van der Waals surface area contributed by atoms with E-state index in [0.29, 0.717) is 41.1 Å². The zero-order valence-corrected chi connectivity index (χ0v) is 27.4. The molecule has 2 aliphatic rings. The van der Waals surface area contributed by atoms with Crippen molar-refractivity contribution in [2.24, 2.45) is 0 Å². The second kappa shape index (κ2) is 15.7. The van der Waals surface area contributed by atoms with Gasteiger partial charge in [-0.3, -0.25) is 14.5 Å². The lowest BCUT2D eigenvalue weighted by Gasteiger charge is -2.32. The quantitative estimate of drug-likeness (QED) is 0.228. The highest BCUT2D eigenvalue weighted by Gasteiger charge is 2.25. The fourth-order valence-electron chi connectivity index (χ4n) is 4.99. The summed E-state index contributed by atoms with van der Waals surface area (Å²) in [6, 6.07) is 6.26. The van der Waals surface area contributed by atoms with E-state index in [4.69, 9.17) is 44.3 Å². The highest BCUT2D eigenvalue weighted by atomic mass is 35.5. The van der Waals surface area contributed by atoms with Crippen molar-refractivity contribution in [3.05, 3.63) is 66.9 Å². The molecule has 236 valence electrons. The molecule has 14 heteroatoms. The molecule has 2 saturated heterocycles. The topological polar surface area (TPSA) is 108 Å². The van der Waals surface area contributed by atoms with Crippen molar-refractivity contribution in [3.8, 4) is 5.75 Å². The van der Waals surface area contributed by atoms with Gasteiger partial charge < -0.3 is 30.3 Å². The summed E-state index contributed by atoms with van der Waals surface area (Å²) >= 11 is 20.4. The zero-order valence-electron chi connectivity index (χ0n) is 24.3. The minimum absolute atomic E-state index is 0.111. The first kappa shape index (κ1) is 32.9. The lowest BCUT2D eigenvalue weighted by molar-refractivity contribution is 0.0204. The van der Waals surface area contributed by atoms with Gasteiger partial charge in [0, 0.05) is 63.1 Å². The van der Waals surface area contributed by atoms with Crippen LogP contribution in [0.1, 0.15) is 38.4 Å². The molecule has 0 spiro atoms. The molecule has 0 radical (unpaired) electrons. The van der Waals surface area contributed by atoms with Crippen molar-refractivity contribution < 1.29 is 19.1 Å². The van der Waals surface area contributed by atoms with Crippen LogP contribution in [-0.4, -0.2) is 92.2 Å². The highest BCUT2D eigenvalue weighted by Crippen LogP contribution is 2.36. The summed E-state index contributed by atoms with van der Waals surface area (Å²) in [4.78, 5) is 36.2. The molecule has 0 bridgehead atoms. The number of pyridine rings is 1. The second-order valence-electron chi connectivity index (χ2n) is 10.8. The van der Waals surface area contributed by atoms with E-state index in [1.54, 1.807) is 18.2 Å². The van der Waals surface area contributed by atoms with E-state index in [-0.39, 0.29) is 33.9 Å². The van der Waals surface area contributed by atoms with Crippen LogP contribution in [0.3, 0.4) is 0 Å². The van der Waals surface area contributed by atoms with Crippen LogP contribution in [0.2, 0.25) is 15.1 Å². The van der Waals surface area contributed by atoms with Crippen molar-refractivity contribution in [1.29, 1.82) is 0 Å². The number of benzene rings is 1. The minimum Gasteiger partial charge on any atom is -0.491 e. The first-order valence-electron chi connectivity index (χ1n) is 14.5. The molecule has 1 aromatic carbocycles. The molecule has 3 N–H and O–H groups in total. The average molecular weight is 682 g/mol. The maximum atomic E-state index is 13.7. The number of aromatic nitrogens is 1. The highest BCUT2D eigenvalue weighted by molar-refractivity contribution is 7.13. The molecule has 1 atom stereocenters. The summed E-state index contributed by atoms with van der Waals surface area (Å²) in [5, 5.41) is 12.0. The van der Waals surface area contributed by atoms with Gasteiger partial charge in [0.1, 0.15) is 16.4 Å². The van der Waals surface area contributed by atoms with Gasteiger partial charge in [-0.1, -0.05) is 34.8 Å². The molecule has 2 amide bonds. The molecule has 0 aliphatic carbocycles. The number of nitrogens with one attached hydrogen (secondary N) is 3. The second-order valence-corrected chi connectivity index (χ2v) is 12.9. The summed E-state index contributed by atoms with van der Waals surface area (Å²) in [5.74, 6) is -0.419. The number of halogens is 3. The van der Waals surface area contributed by atoms with Crippen LogP contribution < -0.4 is 20.7 Å². The van der Waals surface area contributed by atoms with Crippen LogP contribution in [0.4, 0.5) is 11.5 Å². The summed E-state index contributed by atoms with van der Waals surface area (Å²) in [6.45, 7) is 7.14. The number of likely N-dealkylation sites (N-methyl/N-ethyl adjacent to an activating group) is 1. The fraction of sp³-hybridized carbons (Fsp3) is 0.433. The third kappa shape index (κ3) is 8.82. The Balaban J connectivity index is 1.35. The lowest BCUT2D eigenvalue weighted by atomic mass is 10.1. The monoisotopic (exact) mass is 680 g/mol. The first-order chi connectivity index (χ1) is 21.3. The standard InChI is InChI=1S/C30H35Cl3N6O4S/c1-38-7-9-39(10-8-38)17-19-18-44-28(26(19)33)30(41)37-27-23(29(40)36-25-5-4-20(31)15-35-25)13-21(32)14-24(27)43-11-2-3-22-16-34-6-12-42-22/h4-5,13-15,18,22,34H,2-3,6-12,16-17H2,1H3,(H,37,41)(H,35,36,40). The smallest absolute Gasteiger partial charge is 0.267 e. The number of carbonyl (C=O) groups is 2. The summed E-state index contributed by atoms with van der Waals surface area (Å²) < 4.78 is 11.9. The molecule has 3 aromatic rings. The molecule has 2 aliphatic heterocycles. The van der Waals surface area contributed by atoms with Gasteiger partial charge in [-0.2, -0.15) is 0 Å². The molecule has 2 fully saturated rings. The van der Waals surface area contributed by atoms with Gasteiger partial charge in [0.25, 0.3) is 11.8 Å². The van der Waals surface area contributed by atoms with Gasteiger partial charge in [-0.25, -0.2) is 4.98 Å². The third-order valence-corrected chi connectivity index (χ3v) is 9.46. The van der Waals surface area contributed by atoms with E-state index in [0.717, 1.165) is 51.3 Å². The Labute approximate surface area is 275 Å². The Morgan fingerprint density at radius 2 is 1.93 bits per heavy atom. The van der Waals surface area contributed by atoms with Gasteiger partial charge in [0.2, 0.25) is 0 Å². The molecule has 2 aromatic heterocycles. The average Bonchev–Trinajstić information content (AvgIpc) is 3.38. The van der Waals surface area contributed by atoms with Crippen LogP contribution in [-0.2, 0) is 11.3 Å². The van der Waals surface area contributed by atoms with Gasteiger partial charge in [-0.15, -0.1) is 11.3 Å². The fourth-order valence-corrected chi connectivity index (χ4v) is 6.56. The summed E-state index contributed by atoms with van der Waals surface area (Å²) in [5.41, 5.74) is 1.19. The molecule has 44 heavy (non-hydrogen) atoms. The summed E-state index contributed by atoms with van der Waals surface area (Å²) in [6.07, 6.45) is 3.04.